The fourth-order valence-electron chi connectivity index (χ4n) is 2.45. The van der Waals surface area contributed by atoms with Crippen LogP contribution in [0.1, 0.15) is 38.3 Å². The van der Waals surface area contributed by atoms with Crippen LogP contribution in [0, 0.1) is 0 Å². The van der Waals surface area contributed by atoms with Crippen molar-refractivity contribution >= 4 is 21.8 Å². The molecule has 1 amide bonds. The number of carbonyl (C=O) groups excluding carboxylic acids is 1. The van der Waals surface area contributed by atoms with Crippen LogP contribution in [0.5, 0.6) is 0 Å². The lowest BCUT2D eigenvalue weighted by Gasteiger charge is -2.25. The van der Waals surface area contributed by atoms with E-state index in [1.165, 1.54) is 5.56 Å². The Kier molecular flexibility index (Phi) is 4.99. The summed E-state index contributed by atoms with van der Waals surface area (Å²) >= 11 is 3.49. The minimum absolute atomic E-state index is 0.0934. The quantitative estimate of drug-likeness (QED) is 0.847. The Balaban J connectivity index is 2.06. The van der Waals surface area contributed by atoms with Gasteiger partial charge in [0.05, 0.1) is 12.1 Å². The Hall–Kier alpha value is -0.870. The molecule has 0 saturated carbocycles. The molecule has 2 rings (SSSR count). The van der Waals surface area contributed by atoms with E-state index < -0.39 is 0 Å². The maximum Gasteiger partial charge on any atom is 0.249 e. The van der Waals surface area contributed by atoms with Crippen LogP contribution in [0.25, 0.3) is 0 Å². The Morgan fingerprint density at radius 1 is 1.53 bits per heavy atom. The maximum absolute atomic E-state index is 12.2. The summed E-state index contributed by atoms with van der Waals surface area (Å²) < 4.78 is 6.48. The van der Waals surface area contributed by atoms with Crippen LogP contribution in [0.3, 0.4) is 0 Å². The molecule has 1 atom stereocenters. The van der Waals surface area contributed by atoms with Gasteiger partial charge in [-0.25, -0.2) is 0 Å². The van der Waals surface area contributed by atoms with Crippen LogP contribution < -0.4 is 0 Å². The van der Waals surface area contributed by atoms with Crippen molar-refractivity contribution in [3.8, 4) is 0 Å². The topological polar surface area (TPSA) is 29.5 Å². The first-order valence-electron chi connectivity index (χ1n) is 6.74. The third-order valence-electron chi connectivity index (χ3n) is 3.35. The van der Waals surface area contributed by atoms with Crippen molar-refractivity contribution in [1.82, 2.24) is 4.90 Å². The van der Waals surface area contributed by atoms with Gasteiger partial charge in [-0.1, -0.05) is 28.1 Å². The molecule has 0 radical (unpaired) electrons. The summed E-state index contributed by atoms with van der Waals surface area (Å²) in [6.45, 7) is 4.91. The lowest BCUT2D eigenvalue weighted by molar-refractivity contribution is -0.138. The highest BCUT2D eigenvalue weighted by atomic mass is 79.9. The molecule has 0 bridgehead atoms. The number of carbonyl (C=O) groups is 1. The van der Waals surface area contributed by atoms with Gasteiger partial charge in [0, 0.05) is 11.0 Å². The van der Waals surface area contributed by atoms with Crippen LogP contribution in [-0.2, 0) is 9.53 Å². The van der Waals surface area contributed by atoms with E-state index in [0.29, 0.717) is 0 Å². The Morgan fingerprint density at radius 2 is 2.32 bits per heavy atom. The van der Waals surface area contributed by atoms with E-state index in [-0.39, 0.29) is 24.7 Å². The lowest BCUT2D eigenvalue weighted by atomic mass is 10.0. The lowest BCUT2D eigenvalue weighted by Crippen LogP contribution is -2.34. The molecule has 1 aliphatic rings. The van der Waals surface area contributed by atoms with Gasteiger partial charge < -0.3 is 9.64 Å². The van der Waals surface area contributed by atoms with Crippen LogP contribution >= 0.6 is 15.9 Å². The van der Waals surface area contributed by atoms with Gasteiger partial charge in [0.25, 0.3) is 0 Å². The van der Waals surface area contributed by atoms with Gasteiger partial charge in [0.1, 0.15) is 6.61 Å². The molecule has 1 heterocycles. The molecule has 1 unspecified atom stereocenters. The van der Waals surface area contributed by atoms with E-state index in [1.807, 2.05) is 30.9 Å². The van der Waals surface area contributed by atoms with Crippen molar-refractivity contribution in [1.29, 1.82) is 0 Å². The van der Waals surface area contributed by atoms with Crippen LogP contribution in [0.15, 0.2) is 28.7 Å². The van der Waals surface area contributed by atoms with Crippen molar-refractivity contribution < 1.29 is 9.53 Å². The summed E-state index contributed by atoms with van der Waals surface area (Å²) in [6.07, 6.45) is 2.19. The van der Waals surface area contributed by atoms with Gasteiger partial charge in [-0.3, -0.25) is 4.79 Å². The molecule has 0 aliphatic carbocycles. The molecule has 0 N–H and O–H groups in total. The van der Waals surface area contributed by atoms with Crippen molar-refractivity contribution in [2.45, 2.75) is 38.8 Å². The highest BCUT2D eigenvalue weighted by Crippen LogP contribution is 2.33. The number of likely N-dealkylation sites (tertiary alicyclic amines) is 1. The predicted molar refractivity (Wildman–Crippen MR) is 78.9 cm³/mol. The Labute approximate surface area is 123 Å². The van der Waals surface area contributed by atoms with Crippen molar-refractivity contribution in [3.63, 3.8) is 0 Å². The number of rotatable bonds is 4. The van der Waals surface area contributed by atoms with Gasteiger partial charge in [-0.2, -0.15) is 0 Å². The number of amides is 1. The SMILES string of the molecule is CC(C)OCC(=O)N1CCCC1c1cccc(Br)c1. The van der Waals surface area contributed by atoms with Gasteiger partial charge in [-0.15, -0.1) is 0 Å². The fourth-order valence-corrected chi connectivity index (χ4v) is 2.86. The summed E-state index contributed by atoms with van der Waals surface area (Å²) in [7, 11) is 0. The number of hydrogen-bond acceptors (Lipinski definition) is 2. The third kappa shape index (κ3) is 3.80. The van der Waals surface area contributed by atoms with Crippen LogP contribution in [0.2, 0.25) is 0 Å². The molecule has 104 valence electrons. The molecule has 1 aromatic rings. The van der Waals surface area contributed by atoms with E-state index in [4.69, 9.17) is 4.74 Å². The van der Waals surface area contributed by atoms with Crippen LogP contribution in [0.4, 0.5) is 0 Å². The molecule has 1 saturated heterocycles. The molecule has 1 aromatic carbocycles. The number of nitrogens with zero attached hydrogens (tertiary/aromatic N) is 1. The summed E-state index contributed by atoms with van der Waals surface area (Å²) in [4.78, 5) is 14.2. The number of hydrogen-bond donors (Lipinski definition) is 0. The zero-order chi connectivity index (χ0) is 13.8. The third-order valence-corrected chi connectivity index (χ3v) is 3.84. The Bertz CT molecular complexity index is 448. The predicted octanol–water partition coefficient (Wildman–Crippen LogP) is 3.54. The molecule has 4 heteroatoms. The van der Waals surface area contributed by atoms with Crippen molar-refractivity contribution in [2.24, 2.45) is 0 Å². The van der Waals surface area contributed by atoms with Gasteiger partial charge in [-0.05, 0) is 44.4 Å². The molecule has 1 fully saturated rings. The first-order valence-corrected chi connectivity index (χ1v) is 7.54. The normalized spacial score (nSPS) is 19.2. The monoisotopic (exact) mass is 325 g/mol. The van der Waals surface area contributed by atoms with E-state index in [1.54, 1.807) is 0 Å². The first kappa shape index (κ1) is 14.5. The van der Waals surface area contributed by atoms with Crippen molar-refractivity contribution in [2.75, 3.05) is 13.2 Å². The average Bonchev–Trinajstić information content (AvgIpc) is 2.85. The van der Waals surface area contributed by atoms with E-state index in [0.717, 1.165) is 23.9 Å². The number of benzene rings is 1. The van der Waals surface area contributed by atoms with Crippen molar-refractivity contribution in [3.05, 3.63) is 34.3 Å². The van der Waals surface area contributed by atoms with Crippen LogP contribution in [-0.4, -0.2) is 30.1 Å². The number of ether oxygens (including phenoxy) is 1. The molecule has 1 aliphatic heterocycles. The molecule has 0 spiro atoms. The summed E-state index contributed by atoms with van der Waals surface area (Å²) in [5.41, 5.74) is 1.20. The Morgan fingerprint density at radius 3 is 3.00 bits per heavy atom. The highest BCUT2D eigenvalue weighted by molar-refractivity contribution is 9.10. The minimum atomic E-state index is 0.0934. The first-order chi connectivity index (χ1) is 9.08. The second-order valence-corrected chi connectivity index (χ2v) is 6.08. The summed E-state index contributed by atoms with van der Waals surface area (Å²) in [5.74, 6) is 0.0937. The van der Waals surface area contributed by atoms with E-state index in [9.17, 15) is 4.79 Å². The van der Waals surface area contributed by atoms with Gasteiger partial charge >= 0.3 is 0 Å². The number of halogens is 1. The fraction of sp³-hybridized carbons (Fsp3) is 0.533. The molecular formula is C15H20BrNO2. The molecule has 3 nitrogen and oxygen atoms in total. The highest BCUT2D eigenvalue weighted by Gasteiger charge is 2.29. The average molecular weight is 326 g/mol. The smallest absolute Gasteiger partial charge is 0.249 e. The second-order valence-electron chi connectivity index (χ2n) is 5.16. The largest absolute Gasteiger partial charge is 0.369 e. The zero-order valence-electron chi connectivity index (χ0n) is 11.4. The van der Waals surface area contributed by atoms with E-state index >= 15 is 0 Å². The summed E-state index contributed by atoms with van der Waals surface area (Å²) in [6, 6.07) is 8.40. The molecular weight excluding hydrogens is 306 g/mol. The second kappa shape index (κ2) is 6.53. The summed E-state index contributed by atoms with van der Waals surface area (Å²) in [5, 5.41) is 0. The van der Waals surface area contributed by atoms with Gasteiger partial charge in [0.15, 0.2) is 0 Å². The molecule has 19 heavy (non-hydrogen) atoms. The van der Waals surface area contributed by atoms with E-state index in [2.05, 4.69) is 28.1 Å². The maximum atomic E-state index is 12.2. The van der Waals surface area contributed by atoms with Gasteiger partial charge in [0.2, 0.25) is 5.91 Å². The zero-order valence-corrected chi connectivity index (χ0v) is 13.0. The standard InChI is InChI=1S/C15H20BrNO2/c1-11(2)19-10-15(18)17-8-4-7-14(17)12-5-3-6-13(16)9-12/h3,5-6,9,11,14H,4,7-8,10H2,1-2H3. The molecule has 0 aromatic heterocycles. The minimum Gasteiger partial charge on any atom is -0.369 e.